The maximum absolute atomic E-state index is 12.6. The standard InChI is InChI=1S/C15H18N2O3S/c1-9-7-17(8-10(2)19-9)15(18)13-11(3)20-14(16-13)12-5-4-6-21-12/h4-6,9-10H,7-8H2,1-3H3/t9-,10-/m0/s1. The van der Waals surface area contributed by atoms with E-state index < -0.39 is 0 Å². The molecular weight excluding hydrogens is 288 g/mol. The Labute approximate surface area is 127 Å². The summed E-state index contributed by atoms with van der Waals surface area (Å²) in [6.45, 7) is 6.91. The van der Waals surface area contributed by atoms with Gasteiger partial charge in [-0.1, -0.05) is 6.07 Å². The summed E-state index contributed by atoms with van der Waals surface area (Å²) in [7, 11) is 0. The predicted octanol–water partition coefficient (Wildman–Crippen LogP) is 2.96. The van der Waals surface area contributed by atoms with Crippen molar-refractivity contribution in [1.82, 2.24) is 9.88 Å². The van der Waals surface area contributed by atoms with E-state index in [1.807, 2.05) is 31.4 Å². The zero-order valence-corrected chi connectivity index (χ0v) is 13.1. The summed E-state index contributed by atoms with van der Waals surface area (Å²) < 4.78 is 11.3. The number of morpholine rings is 1. The summed E-state index contributed by atoms with van der Waals surface area (Å²) >= 11 is 1.54. The number of rotatable bonds is 2. The smallest absolute Gasteiger partial charge is 0.276 e. The van der Waals surface area contributed by atoms with E-state index in [1.54, 1.807) is 23.2 Å². The first-order valence-corrected chi connectivity index (χ1v) is 7.88. The van der Waals surface area contributed by atoms with E-state index in [0.717, 1.165) is 4.88 Å². The minimum Gasteiger partial charge on any atom is -0.440 e. The average Bonchev–Trinajstić information content (AvgIpc) is 3.05. The lowest BCUT2D eigenvalue weighted by molar-refractivity contribution is -0.0587. The topological polar surface area (TPSA) is 55.6 Å². The second-order valence-electron chi connectivity index (χ2n) is 5.37. The molecule has 1 aliphatic heterocycles. The van der Waals surface area contributed by atoms with Gasteiger partial charge in [0.05, 0.1) is 17.1 Å². The molecule has 0 bridgehead atoms. The first-order valence-electron chi connectivity index (χ1n) is 7.00. The summed E-state index contributed by atoms with van der Waals surface area (Å²) in [5.74, 6) is 0.997. The fraction of sp³-hybridized carbons (Fsp3) is 0.467. The minimum absolute atomic E-state index is 0.0432. The lowest BCUT2D eigenvalue weighted by Crippen LogP contribution is -2.48. The van der Waals surface area contributed by atoms with Gasteiger partial charge in [0, 0.05) is 13.1 Å². The summed E-state index contributed by atoms with van der Waals surface area (Å²) in [5, 5.41) is 1.96. The van der Waals surface area contributed by atoms with Crippen molar-refractivity contribution >= 4 is 17.2 Å². The molecule has 21 heavy (non-hydrogen) atoms. The summed E-state index contributed by atoms with van der Waals surface area (Å²) in [5.41, 5.74) is 0.403. The third kappa shape index (κ3) is 2.87. The van der Waals surface area contributed by atoms with Crippen LogP contribution in [0.5, 0.6) is 0 Å². The van der Waals surface area contributed by atoms with Crippen molar-refractivity contribution < 1.29 is 13.9 Å². The van der Waals surface area contributed by atoms with Crippen molar-refractivity contribution in [2.24, 2.45) is 0 Å². The molecule has 0 aromatic carbocycles. The van der Waals surface area contributed by atoms with Gasteiger partial charge in [0.15, 0.2) is 5.69 Å². The van der Waals surface area contributed by atoms with Gasteiger partial charge in [-0.05, 0) is 32.2 Å². The highest BCUT2D eigenvalue weighted by Crippen LogP contribution is 2.26. The van der Waals surface area contributed by atoms with Crippen LogP contribution in [0.3, 0.4) is 0 Å². The van der Waals surface area contributed by atoms with Crippen LogP contribution in [0.4, 0.5) is 0 Å². The molecule has 2 aromatic rings. The molecule has 0 saturated carbocycles. The largest absolute Gasteiger partial charge is 0.440 e. The van der Waals surface area contributed by atoms with Crippen LogP contribution in [0, 0.1) is 6.92 Å². The Morgan fingerprint density at radius 1 is 1.38 bits per heavy atom. The number of aromatic nitrogens is 1. The number of carbonyl (C=O) groups excluding carboxylic acids is 1. The van der Waals surface area contributed by atoms with E-state index in [0.29, 0.717) is 30.4 Å². The Kier molecular flexibility index (Phi) is 3.82. The van der Waals surface area contributed by atoms with Gasteiger partial charge >= 0.3 is 0 Å². The quantitative estimate of drug-likeness (QED) is 0.856. The zero-order chi connectivity index (χ0) is 15.0. The molecule has 1 aliphatic rings. The molecule has 0 radical (unpaired) electrons. The summed E-state index contributed by atoms with van der Waals surface area (Å²) in [6.07, 6.45) is 0.0864. The van der Waals surface area contributed by atoms with E-state index in [2.05, 4.69) is 4.98 Å². The molecule has 3 rings (SSSR count). The molecule has 1 fully saturated rings. The van der Waals surface area contributed by atoms with Crippen molar-refractivity contribution in [2.75, 3.05) is 13.1 Å². The van der Waals surface area contributed by atoms with Crippen LogP contribution in [-0.4, -0.2) is 41.1 Å². The number of thiophene rings is 1. The lowest BCUT2D eigenvalue weighted by Gasteiger charge is -2.34. The van der Waals surface area contributed by atoms with Gasteiger partial charge in [-0.25, -0.2) is 4.98 Å². The Hall–Kier alpha value is -1.66. The van der Waals surface area contributed by atoms with Crippen LogP contribution in [0.15, 0.2) is 21.9 Å². The van der Waals surface area contributed by atoms with Crippen molar-refractivity contribution in [2.45, 2.75) is 33.0 Å². The third-order valence-electron chi connectivity index (χ3n) is 3.44. The van der Waals surface area contributed by atoms with Crippen LogP contribution in [0.2, 0.25) is 0 Å². The molecule has 0 N–H and O–H groups in total. The lowest BCUT2D eigenvalue weighted by atomic mass is 10.2. The molecule has 3 heterocycles. The number of aryl methyl sites for hydroxylation is 1. The van der Waals surface area contributed by atoms with Crippen LogP contribution in [0.1, 0.15) is 30.1 Å². The number of carbonyl (C=O) groups is 1. The molecule has 2 aromatic heterocycles. The molecule has 0 unspecified atom stereocenters. The average molecular weight is 306 g/mol. The van der Waals surface area contributed by atoms with Crippen LogP contribution >= 0.6 is 11.3 Å². The van der Waals surface area contributed by atoms with Gasteiger partial charge in [0.25, 0.3) is 5.91 Å². The number of ether oxygens (including phenoxy) is 1. The third-order valence-corrected chi connectivity index (χ3v) is 4.30. The number of oxazole rings is 1. The van der Waals surface area contributed by atoms with Crippen molar-refractivity contribution in [3.8, 4) is 10.8 Å². The van der Waals surface area contributed by atoms with Crippen molar-refractivity contribution in [1.29, 1.82) is 0 Å². The highest BCUT2D eigenvalue weighted by atomic mass is 32.1. The molecule has 1 amide bonds. The molecule has 1 saturated heterocycles. The van der Waals surface area contributed by atoms with E-state index in [9.17, 15) is 4.79 Å². The number of nitrogens with zero attached hydrogens (tertiary/aromatic N) is 2. The van der Waals surface area contributed by atoms with Gasteiger partial charge in [-0.15, -0.1) is 11.3 Å². The molecule has 0 aliphatic carbocycles. The number of hydrogen-bond donors (Lipinski definition) is 0. The summed E-state index contributed by atoms with van der Waals surface area (Å²) in [4.78, 5) is 19.8. The molecule has 112 valence electrons. The Balaban J connectivity index is 1.85. The van der Waals surface area contributed by atoms with Gasteiger partial charge in [0.2, 0.25) is 5.89 Å². The monoisotopic (exact) mass is 306 g/mol. The second kappa shape index (κ2) is 5.61. The number of amides is 1. The zero-order valence-electron chi connectivity index (χ0n) is 12.3. The van der Waals surface area contributed by atoms with Crippen LogP contribution in [-0.2, 0) is 4.74 Å². The second-order valence-corrected chi connectivity index (χ2v) is 6.32. The van der Waals surface area contributed by atoms with Gasteiger partial charge < -0.3 is 14.1 Å². The molecule has 5 nitrogen and oxygen atoms in total. The van der Waals surface area contributed by atoms with Crippen LogP contribution in [0.25, 0.3) is 10.8 Å². The maximum Gasteiger partial charge on any atom is 0.276 e. The molecule has 2 atom stereocenters. The van der Waals surface area contributed by atoms with Crippen LogP contribution < -0.4 is 0 Å². The predicted molar refractivity (Wildman–Crippen MR) is 80.5 cm³/mol. The molecular formula is C15H18N2O3S. The van der Waals surface area contributed by atoms with Gasteiger partial charge in [-0.2, -0.15) is 0 Å². The van der Waals surface area contributed by atoms with E-state index in [-0.39, 0.29) is 18.1 Å². The minimum atomic E-state index is -0.0824. The molecule has 6 heteroatoms. The van der Waals surface area contributed by atoms with E-state index >= 15 is 0 Å². The Bertz CT molecular complexity index is 625. The highest BCUT2D eigenvalue weighted by molar-refractivity contribution is 7.13. The Morgan fingerprint density at radius 2 is 2.10 bits per heavy atom. The van der Waals surface area contributed by atoms with Crippen molar-refractivity contribution in [3.63, 3.8) is 0 Å². The van der Waals surface area contributed by atoms with E-state index in [1.165, 1.54) is 0 Å². The SMILES string of the molecule is Cc1oc(-c2cccs2)nc1C(=O)N1C[C@H](C)O[C@@H](C)C1. The van der Waals surface area contributed by atoms with Gasteiger partial charge in [0.1, 0.15) is 5.76 Å². The van der Waals surface area contributed by atoms with Crippen molar-refractivity contribution in [3.05, 3.63) is 29.0 Å². The normalized spacial score (nSPS) is 22.5. The first-order chi connectivity index (χ1) is 10.0. The summed E-state index contributed by atoms with van der Waals surface area (Å²) in [6, 6.07) is 3.87. The first kappa shape index (κ1) is 14.3. The van der Waals surface area contributed by atoms with E-state index in [4.69, 9.17) is 9.15 Å². The fourth-order valence-electron chi connectivity index (χ4n) is 2.59. The Morgan fingerprint density at radius 3 is 2.71 bits per heavy atom. The molecule has 0 spiro atoms. The number of hydrogen-bond acceptors (Lipinski definition) is 5. The highest BCUT2D eigenvalue weighted by Gasteiger charge is 2.29. The fourth-order valence-corrected chi connectivity index (χ4v) is 3.24. The maximum atomic E-state index is 12.6. The van der Waals surface area contributed by atoms with Gasteiger partial charge in [-0.3, -0.25) is 4.79 Å².